The lowest BCUT2D eigenvalue weighted by Crippen LogP contribution is -2.30. The van der Waals surface area contributed by atoms with Crippen LogP contribution in [-0.4, -0.2) is 45.9 Å². The maximum atomic E-state index is 11.9. The van der Waals surface area contributed by atoms with Gasteiger partial charge in [0.2, 0.25) is 10.0 Å². The van der Waals surface area contributed by atoms with E-state index >= 15 is 0 Å². The van der Waals surface area contributed by atoms with Crippen LogP contribution in [0.3, 0.4) is 0 Å². The number of likely N-dealkylation sites (N-methyl/N-ethyl adjacent to an activating group) is 1. The number of nitrogens with one attached hydrogen (secondary N) is 1. The van der Waals surface area contributed by atoms with Gasteiger partial charge in [-0.1, -0.05) is 11.6 Å². The molecule has 8 heteroatoms. The van der Waals surface area contributed by atoms with Gasteiger partial charge in [0, 0.05) is 25.0 Å². The van der Waals surface area contributed by atoms with Crippen LogP contribution in [0.4, 0.5) is 0 Å². The Morgan fingerprint density at radius 2 is 2.30 bits per heavy atom. The van der Waals surface area contributed by atoms with E-state index in [2.05, 4.69) is 16.3 Å². The Morgan fingerprint density at radius 1 is 1.55 bits per heavy atom. The number of carbonyl (C=O) groups is 1. The topological polar surface area (TPSA) is 92.5 Å². The Kier molecular flexibility index (Phi) is 4.59. The molecule has 0 spiro atoms. The van der Waals surface area contributed by atoms with Crippen molar-refractivity contribution in [2.45, 2.75) is 10.6 Å². The first-order valence-corrected chi connectivity index (χ1v) is 8.55. The number of primary sulfonamides is 1. The molecule has 0 bridgehead atoms. The van der Waals surface area contributed by atoms with Crippen LogP contribution in [0.5, 0.6) is 0 Å². The quantitative estimate of drug-likeness (QED) is 0.786. The van der Waals surface area contributed by atoms with E-state index in [0.717, 1.165) is 30.8 Å². The van der Waals surface area contributed by atoms with E-state index in [1.54, 1.807) is 0 Å². The zero-order valence-electron chi connectivity index (χ0n) is 11.1. The molecule has 3 N–H and O–H groups in total. The second kappa shape index (κ2) is 6.04. The van der Waals surface area contributed by atoms with Crippen LogP contribution >= 0.6 is 11.3 Å². The lowest BCUT2D eigenvalue weighted by Gasteiger charge is -2.21. The summed E-state index contributed by atoms with van der Waals surface area (Å²) in [4.78, 5) is 14.1. The number of hydrogen-bond donors (Lipinski definition) is 2. The molecule has 110 valence electrons. The Hall–Kier alpha value is -1.22. The highest BCUT2D eigenvalue weighted by molar-refractivity contribution is 7.91. The molecule has 0 atom stereocenters. The fourth-order valence-corrected chi connectivity index (χ4v) is 3.44. The average molecular weight is 315 g/mol. The zero-order valence-corrected chi connectivity index (χ0v) is 12.8. The monoisotopic (exact) mass is 315 g/mol. The van der Waals surface area contributed by atoms with E-state index in [9.17, 15) is 13.2 Å². The molecule has 1 aromatic rings. The van der Waals surface area contributed by atoms with E-state index in [1.165, 1.54) is 17.0 Å². The van der Waals surface area contributed by atoms with Crippen molar-refractivity contribution in [1.29, 1.82) is 0 Å². The first-order valence-electron chi connectivity index (χ1n) is 6.12. The highest BCUT2D eigenvalue weighted by Crippen LogP contribution is 2.18. The smallest absolute Gasteiger partial charge is 0.252 e. The molecular weight excluding hydrogens is 298 g/mol. The lowest BCUT2D eigenvalue weighted by atomic mass is 10.1. The van der Waals surface area contributed by atoms with Gasteiger partial charge in [-0.15, -0.1) is 11.3 Å². The van der Waals surface area contributed by atoms with E-state index in [1.807, 2.05) is 7.05 Å². The van der Waals surface area contributed by atoms with Gasteiger partial charge < -0.3 is 10.2 Å². The minimum Gasteiger partial charge on any atom is -0.348 e. The third-order valence-corrected chi connectivity index (χ3v) is 5.49. The van der Waals surface area contributed by atoms with Crippen LogP contribution < -0.4 is 10.5 Å². The van der Waals surface area contributed by atoms with Crippen LogP contribution in [0.25, 0.3) is 0 Å². The Bertz CT molecular complexity index is 634. The van der Waals surface area contributed by atoms with E-state index < -0.39 is 10.0 Å². The highest BCUT2D eigenvalue weighted by atomic mass is 32.2. The molecule has 20 heavy (non-hydrogen) atoms. The molecule has 2 heterocycles. The number of nitrogens with zero attached hydrogens (tertiary/aromatic N) is 1. The summed E-state index contributed by atoms with van der Waals surface area (Å²) >= 11 is 0.951. The molecule has 6 nitrogen and oxygen atoms in total. The number of nitrogens with two attached hydrogens (primary N) is 1. The molecule has 0 radical (unpaired) electrons. The van der Waals surface area contributed by atoms with Crippen LogP contribution in [-0.2, 0) is 10.0 Å². The van der Waals surface area contributed by atoms with Gasteiger partial charge in [0.05, 0.1) is 5.56 Å². The minimum absolute atomic E-state index is 0.00107. The van der Waals surface area contributed by atoms with Crippen molar-refractivity contribution in [2.75, 3.05) is 26.7 Å². The van der Waals surface area contributed by atoms with Crippen molar-refractivity contribution >= 4 is 27.3 Å². The third kappa shape index (κ3) is 3.89. The number of carbonyl (C=O) groups excluding carboxylic acids is 1. The average Bonchev–Trinajstić information content (AvgIpc) is 2.87. The van der Waals surface area contributed by atoms with Crippen molar-refractivity contribution < 1.29 is 13.2 Å². The molecule has 0 aliphatic carbocycles. The largest absolute Gasteiger partial charge is 0.348 e. The van der Waals surface area contributed by atoms with Gasteiger partial charge in [-0.3, -0.25) is 4.79 Å². The lowest BCUT2D eigenvalue weighted by molar-refractivity contribution is 0.0956. The van der Waals surface area contributed by atoms with Gasteiger partial charge >= 0.3 is 0 Å². The van der Waals surface area contributed by atoms with Gasteiger partial charge in [0.1, 0.15) is 4.21 Å². The predicted octanol–water partition coefficient (Wildman–Crippen LogP) is 0.387. The summed E-state index contributed by atoms with van der Waals surface area (Å²) in [5, 5.41) is 9.30. The van der Waals surface area contributed by atoms with Crippen molar-refractivity contribution in [3.63, 3.8) is 0 Å². The SMILES string of the molecule is CN1CC=C(CNC(=O)c2csc(S(N)(=O)=O)c2)CC1. The first kappa shape index (κ1) is 15.2. The zero-order chi connectivity index (χ0) is 14.8. The van der Waals surface area contributed by atoms with Crippen LogP contribution in [0.2, 0.25) is 0 Å². The molecule has 0 aromatic carbocycles. The standard InChI is InChI=1S/C12H17N3O3S2/c1-15-4-2-9(3-5-15)7-14-12(16)10-6-11(19-8-10)20(13,17)18/h2,6,8H,3-5,7H2,1H3,(H,14,16)(H2,13,17,18). The summed E-state index contributed by atoms with van der Waals surface area (Å²) in [7, 11) is -1.69. The number of hydrogen-bond acceptors (Lipinski definition) is 5. The van der Waals surface area contributed by atoms with Gasteiger partial charge in [0.25, 0.3) is 5.91 Å². The maximum absolute atomic E-state index is 11.9. The Morgan fingerprint density at radius 3 is 2.85 bits per heavy atom. The van der Waals surface area contributed by atoms with Crippen LogP contribution in [0.15, 0.2) is 27.3 Å². The summed E-state index contributed by atoms with van der Waals surface area (Å²) in [6.45, 7) is 2.36. The normalized spacial score (nSPS) is 16.8. The summed E-state index contributed by atoms with van der Waals surface area (Å²) in [5.41, 5.74) is 1.52. The van der Waals surface area contributed by atoms with Crippen molar-refractivity contribution in [3.8, 4) is 0 Å². The van der Waals surface area contributed by atoms with Crippen LogP contribution in [0.1, 0.15) is 16.8 Å². The van der Waals surface area contributed by atoms with Crippen LogP contribution in [0, 0.1) is 0 Å². The molecule has 0 unspecified atom stereocenters. The number of thiophene rings is 1. The molecule has 1 aliphatic rings. The summed E-state index contributed by atoms with van der Waals surface area (Å²) in [6.07, 6.45) is 3.04. The van der Waals surface area contributed by atoms with Gasteiger partial charge in [0.15, 0.2) is 0 Å². The van der Waals surface area contributed by atoms with E-state index in [0.29, 0.717) is 12.1 Å². The molecule has 0 fully saturated rings. The molecule has 1 aliphatic heterocycles. The van der Waals surface area contributed by atoms with E-state index in [4.69, 9.17) is 5.14 Å². The number of sulfonamides is 1. The Balaban J connectivity index is 1.94. The molecule has 0 saturated heterocycles. The summed E-state index contributed by atoms with van der Waals surface area (Å²) < 4.78 is 22.3. The number of amides is 1. The second-order valence-corrected chi connectivity index (χ2v) is 7.46. The van der Waals surface area contributed by atoms with Gasteiger partial charge in [-0.25, -0.2) is 13.6 Å². The van der Waals surface area contributed by atoms with Crippen molar-refractivity contribution in [1.82, 2.24) is 10.2 Å². The fraction of sp³-hybridized carbons (Fsp3) is 0.417. The second-order valence-electron chi connectivity index (χ2n) is 4.76. The van der Waals surface area contributed by atoms with E-state index in [-0.39, 0.29) is 10.1 Å². The minimum atomic E-state index is -3.74. The first-order chi connectivity index (χ1) is 9.36. The summed E-state index contributed by atoms with van der Waals surface area (Å²) in [6, 6.07) is 1.30. The molecule has 1 amide bonds. The Labute approximate surface area is 122 Å². The third-order valence-electron chi connectivity index (χ3n) is 3.10. The number of rotatable bonds is 4. The van der Waals surface area contributed by atoms with Gasteiger partial charge in [-0.05, 0) is 19.5 Å². The maximum Gasteiger partial charge on any atom is 0.252 e. The highest BCUT2D eigenvalue weighted by Gasteiger charge is 2.15. The van der Waals surface area contributed by atoms with Gasteiger partial charge in [-0.2, -0.15) is 0 Å². The predicted molar refractivity (Wildman–Crippen MR) is 78.2 cm³/mol. The fourth-order valence-electron chi connectivity index (χ4n) is 1.85. The molecule has 2 rings (SSSR count). The molecule has 1 aromatic heterocycles. The van der Waals surface area contributed by atoms with Crippen molar-refractivity contribution in [2.24, 2.45) is 5.14 Å². The van der Waals surface area contributed by atoms with Crippen molar-refractivity contribution in [3.05, 3.63) is 28.7 Å². The molecule has 0 saturated carbocycles. The summed E-state index contributed by atoms with van der Waals surface area (Å²) in [5.74, 6) is -0.282. The molecular formula is C12H17N3O3S2.